The van der Waals surface area contributed by atoms with Crippen molar-refractivity contribution in [2.75, 3.05) is 25.6 Å². The molecule has 2 aromatic rings. The molecular weight excluding hydrogens is 434 g/mol. The molecule has 1 aromatic carbocycles. The van der Waals surface area contributed by atoms with Gasteiger partial charge < -0.3 is 24.8 Å². The lowest BCUT2D eigenvalue weighted by Crippen LogP contribution is -2.36. The van der Waals surface area contributed by atoms with Gasteiger partial charge in [-0.2, -0.15) is 5.26 Å². The van der Waals surface area contributed by atoms with E-state index in [9.17, 15) is 19.6 Å². The number of methoxy groups -OCH3 is 1. The number of aliphatic carboxylic acids is 1. The SMILES string of the molecule is COc1ccc(C)cc1CCC(=O)Nc1sc2c(c1C#N)CCN(C(=O)OCC(=O)O)C2. The molecule has 0 unspecified atom stereocenters. The summed E-state index contributed by atoms with van der Waals surface area (Å²) in [5.41, 5.74) is 3.22. The Labute approximate surface area is 189 Å². The van der Waals surface area contributed by atoms with E-state index in [2.05, 4.69) is 11.4 Å². The zero-order valence-electron chi connectivity index (χ0n) is 17.8. The number of ether oxygens (including phenoxy) is 2. The molecule has 2 heterocycles. The number of hydrogen-bond donors (Lipinski definition) is 2. The maximum absolute atomic E-state index is 12.6. The van der Waals surface area contributed by atoms with Crippen LogP contribution in [0.3, 0.4) is 0 Å². The highest BCUT2D eigenvalue weighted by atomic mass is 32.1. The van der Waals surface area contributed by atoms with Gasteiger partial charge in [0.15, 0.2) is 6.61 Å². The number of benzene rings is 1. The number of carboxylic acid groups (broad SMARTS) is 1. The molecule has 0 bridgehead atoms. The molecule has 0 fully saturated rings. The third kappa shape index (κ3) is 5.36. The number of thiophene rings is 1. The number of hydrogen-bond acceptors (Lipinski definition) is 7. The number of nitrogens with one attached hydrogen (secondary N) is 1. The van der Waals surface area contributed by atoms with Crippen LogP contribution in [0.15, 0.2) is 18.2 Å². The maximum Gasteiger partial charge on any atom is 0.410 e. The third-order valence-corrected chi connectivity index (χ3v) is 6.19. The maximum atomic E-state index is 12.6. The fourth-order valence-corrected chi connectivity index (χ4v) is 4.75. The van der Waals surface area contributed by atoms with Crippen LogP contribution in [-0.2, 0) is 33.7 Å². The molecule has 2 amide bonds. The number of amides is 2. The van der Waals surface area contributed by atoms with Gasteiger partial charge in [-0.3, -0.25) is 4.79 Å². The van der Waals surface area contributed by atoms with E-state index in [1.165, 1.54) is 16.2 Å². The van der Waals surface area contributed by atoms with Gasteiger partial charge in [-0.15, -0.1) is 11.3 Å². The van der Waals surface area contributed by atoms with Crippen LogP contribution in [0.4, 0.5) is 9.80 Å². The van der Waals surface area contributed by atoms with Crippen LogP contribution in [0.2, 0.25) is 0 Å². The van der Waals surface area contributed by atoms with E-state index in [0.29, 0.717) is 30.0 Å². The van der Waals surface area contributed by atoms with Crippen molar-refractivity contribution in [2.45, 2.75) is 32.7 Å². The fourth-order valence-electron chi connectivity index (χ4n) is 3.52. The second-order valence-electron chi connectivity index (χ2n) is 7.30. The van der Waals surface area contributed by atoms with Crippen LogP contribution in [0.25, 0.3) is 0 Å². The number of nitriles is 1. The Balaban J connectivity index is 1.66. The van der Waals surface area contributed by atoms with Crippen molar-refractivity contribution < 1.29 is 29.0 Å². The molecule has 0 radical (unpaired) electrons. The summed E-state index contributed by atoms with van der Waals surface area (Å²) in [5.74, 6) is -0.726. The summed E-state index contributed by atoms with van der Waals surface area (Å²) in [6.07, 6.45) is 0.420. The van der Waals surface area contributed by atoms with Crippen LogP contribution in [0.5, 0.6) is 5.75 Å². The topological polar surface area (TPSA) is 129 Å². The van der Waals surface area contributed by atoms with Gasteiger partial charge in [0.25, 0.3) is 0 Å². The first kappa shape index (κ1) is 23.1. The van der Waals surface area contributed by atoms with Gasteiger partial charge in [-0.1, -0.05) is 17.7 Å². The smallest absolute Gasteiger partial charge is 0.410 e. The lowest BCUT2D eigenvalue weighted by Gasteiger charge is -2.25. The van der Waals surface area contributed by atoms with E-state index in [0.717, 1.165) is 27.3 Å². The highest BCUT2D eigenvalue weighted by molar-refractivity contribution is 7.16. The second-order valence-corrected chi connectivity index (χ2v) is 8.41. The second kappa shape index (κ2) is 10.2. The van der Waals surface area contributed by atoms with E-state index in [1.54, 1.807) is 7.11 Å². The van der Waals surface area contributed by atoms with Gasteiger partial charge in [-0.25, -0.2) is 9.59 Å². The molecule has 1 aliphatic rings. The minimum absolute atomic E-state index is 0.198. The fraction of sp³-hybridized carbons (Fsp3) is 0.364. The molecule has 1 aliphatic heterocycles. The Morgan fingerprint density at radius 1 is 1.34 bits per heavy atom. The van der Waals surface area contributed by atoms with E-state index >= 15 is 0 Å². The largest absolute Gasteiger partial charge is 0.496 e. The number of rotatable bonds is 7. The number of nitrogens with zero attached hydrogens (tertiary/aromatic N) is 2. The minimum atomic E-state index is -1.23. The lowest BCUT2D eigenvalue weighted by molar-refractivity contribution is -0.140. The lowest BCUT2D eigenvalue weighted by atomic mass is 10.0. The normalized spacial score (nSPS) is 12.5. The summed E-state index contributed by atoms with van der Waals surface area (Å²) < 4.78 is 10.1. The first-order chi connectivity index (χ1) is 15.3. The molecule has 0 spiro atoms. The van der Waals surface area contributed by atoms with Crippen LogP contribution in [0.1, 0.15) is 33.6 Å². The molecule has 0 saturated carbocycles. The Morgan fingerprint density at radius 3 is 2.81 bits per heavy atom. The first-order valence-electron chi connectivity index (χ1n) is 9.93. The predicted molar refractivity (Wildman–Crippen MR) is 117 cm³/mol. The van der Waals surface area contributed by atoms with E-state index in [1.807, 2.05) is 25.1 Å². The van der Waals surface area contributed by atoms with Crippen LogP contribution in [0, 0.1) is 18.3 Å². The van der Waals surface area contributed by atoms with E-state index < -0.39 is 18.7 Å². The summed E-state index contributed by atoms with van der Waals surface area (Å²) in [5, 5.41) is 21.6. The minimum Gasteiger partial charge on any atom is -0.496 e. The number of aryl methyl sites for hydroxylation is 2. The number of fused-ring (bicyclic) bond motifs is 1. The summed E-state index contributed by atoms with van der Waals surface area (Å²) >= 11 is 1.25. The Morgan fingerprint density at radius 2 is 2.12 bits per heavy atom. The molecule has 0 aliphatic carbocycles. The molecule has 10 heteroatoms. The Hall–Kier alpha value is -3.58. The van der Waals surface area contributed by atoms with E-state index in [-0.39, 0.29) is 18.9 Å². The summed E-state index contributed by atoms with van der Waals surface area (Å²) in [6.45, 7) is 1.77. The molecule has 1 aromatic heterocycles. The van der Waals surface area contributed by atoms with Gasteiger partial charge in [-0.05, 0) is 37.0 Å². The molecule has 2 N–H and O–H groups in total. The van der Waals surface area contributed by atoms with Crippen LogP contribution in [-0.4, -0.2) is 48.2 Å². The van der Waals surface area contributed by atoms with Crippen LogP contribution < -0.4 is 10.1 Å². The summed E-state index contributed by atoms with van der Waals surface area (Å²) in [4.78, 5) is 37.4. The van der Waals surface area contributed by atoms with Gasteiger partial charge in [0.05, 0.1) is 19.2 Å². The highest BCUT2D eigenvalue weighted by Crippen LogP contribution is 2.37. The van der Waals surface area contributed by atoms with Crippen molar-refractivity contribution in [1.82, 2.24) is 4.90 Å². The Kier molecular flexibility index (Phi) is 7.33. The quantitative estimate of drug-likeness (QED) is 0.654. The van der Waals surface area contributed by atoms with Crippen molar-refractivity contribution >= 4 is 34.3 Å². The van der Waals surface area contributed by atoms with Crippen molar-refractivity contribution in [3.05, 3.63) is 45.3 Å². The Bertz CT molecular complexity index is 1090. The number of carbonyl (C=O) groups is 3. The van der Waals surface area contributed by atoms with Gasteiger partial charge in [0.2, 0.25) is 5.91 Å². The number of anilines is 1. The van der Waals surface area contributed by atoms with Gasteiger partial charge in [0.1, 0.15) is 16.8 Å². The van der Waals surface area contributed by atoms with Crippen molar-refractivity contribution in [1.29, 1.82) is 5.26 Å². The summed E-state index contributed by atoms with van der Waals surface area (Å²) in [7, 11) is 1.59. The molecule has 32 heavy (non-hydrogen) atoms. The summed E-state index contributed by atoms with van der Waals surface area (Å²) in [6, 6.07) is 7.95. The molecule has 168 valence electrons. The molecular formula is C22H23N3O6S. The van der Waals surface area contributed by atoms with Crippen molar-refractivity contribution in [3.63, 3.8) is 0 Å². The monoisotopic (exact) mass is 457 g/mol. The zero-order chi connectivity index (χ0) is 23.3. The predicted octanol–water partition coefficient (Wildman–Crippen LogP) is 3.09. The standard InChI is InChI=1S/C22H23N3O6S/c1-13-3-5-17(30-2)14(9-13)4-6-19(26)24-21-16(10-23)15-7-8-25(11-18(15)32-21)22(29)31-12-20(27)28/h3,5,9H,4,6-8,11-12H2,1-2H3,(H,24,26)(H,27,28). The highest BCUT2D eigenvalue weighted by Gasteiger charge is 2.28. The van der Waals surface area contributed by atoms with Crippen molar-refractivity contribution in [2.24, 2.45) is 0 Å². The first-order valence-corrected chi connectivity index (χ1v) is 10.8. The molecule has 0 saturated heterocycles. The van der Waals surface area contributed by atoms with E-state index in [4.69, 9.17) is 14.6 Å². The molecule has 0 atom stereocenters. The van der Waals surface area contributed by atoms with Gasteiger partial charge >= 0.3 is 12.1 Å². The number of carbonyl (C=O) groups excluding carboxylic acids is 2. The number of carboxylic acids is 1. The third-order valence-electron chi connectivity index (χ3n) is 5.06. The van der Waals surface area contributed by atoms with Gasteiger partial charge in [0, 0.05) is 17.8 Å². The average molecular weight is 458 g/mol. The average Bonchev–Trinajstić information content (AvgIpc) is 3.11. The van der Waals surface area contributed by atoms with Crippen molar-refractivity contribution in [3.8, 4) is 11.8 Å². The molecule has 9 nitrogen and oxygen atoms in total. The zero-order valence-corrected chi connectivity index (χ0v) is 18.6. The van der Waals surface area contributed by atoms with Crippen LogP contribution >= 0.6 is 11.3 Å². The molecule has 3 rings (SSSR count).